The number of hydrogen-bond acceptors (Lipinski definition) is 3. The Bertz CT molecular complexity index is 730. The summed E-state index contributed by atoms with van der Waals surface area (Å²) >= 11 is 0. The smallest absolute Gasteiger partial charge is 0.110 e. The van der Waals surface area contributed by atoms with Crippen LogP contribution in [0.3, 0.4) is 0 Å². The van der Waals surface area contributed by atoms with Gasteiger partial charge in [-0.1, -0.05) is 60.0 Å². The fraction of sp³-hybridized carbons (Fsp3) is 0.926. The van der Waals surface area contributed by atoms with E-state index in [-0.39, 0.29) is 23.2 Å². The van der Waals surface area contributed by atoms with E-state index in [2.05, 4.69) is 40.7 Å². The second kappa shape index (κ2) is 6.81. The summed E-state index contributed by atoms with van der Waals surface area (Å²) in [6.45, 7) is 12.0. The normalized spacial score (nSPS) is 52.7. The zero-order valence-corrected chi connectivity index (χ0v) is 19.9. The third kappa shape index (κ3) is 2.67. The molecule has 4 aliphatic carbocycles. The molecule has 0 aromatic carbocycles. The lowest BCUT2D eigenvalue weighted by Gasteiger charge is -2.60. The Labute approximate surface area is 183 Å². The molecule has 0 aromatic rings. The van der Waals surface area contributed by atoms with Crippen molar-refractivity contribution < 1.29 is 14.9 Å². The van der Waals surface area contributed by atoms with E-state index in [0.29, 0.717) is 17.8 Å². The van der Waals surface area contributed by atoms with Gasteiger partial charge in [0.25, 0.3) is 0 Å². The fourth-order valence-corrected chi connectivity index (χ4v) is 8.88. The van der Waals surface area contributed by atoms with E-state index >= 15 is 0 Å². The molecule has 5 rings (SSSR count). The zero-order chi connectivity index (χ0) is 21.5. The van der Waals surface area contributed by atoms with Gasteiger partial charge in [0.05, 0.1) is 11.7 Å². The molecule has 0 bridgehead atoms. The van der Waals surface area contributed by atoms with E-state index in [4.69, 9.17) is 4.74 Å². The van der Waals surface area contributed by atoms with Gasteiger partial charge < -0.3 is 14.9 Å². The second-order valence-electron chi connectivity index (χ2n) is 12.7. The third-order valence-electron chi connectivity index (χ3n) is 10.8. The molecule has 4 fully saturated rings. The van der Waals surface area contributed by atoms with Crippen molar-refractivity contribution in [2.24, 2.45) is 34.5 Å². The molecule has 9 atom stereocenters. The van der Waals surface area contributed by atoms with Crippen molar-refractivity contribution in [2.75, 3.05) is 0 Å². The van der Waals surface area contributed by atoms with Crippen LogP contribution >= 0.6 is 0 Å². The Morgan fingerprint density at radius 3 is 2.57 bits per heavy atom. The van der Waals surface area contributed by atoms with Gasteiger partial charge in [-0.15, -0.1) is 0 Å². The number of hydrogen-bond donors (Lipinski definition) is 2. The van der Waals surface area contributed by atoms with Crippen molar-refractivity contribution in [1.29, 1.82) is 0 Å². The maximum Gasteiger partial charge on any atom is 0.110 e. The number of ether oxygens (including phenoxy) is 1. The Balaban J connectivity index is 1.41. The van der Waals surface area contributed by atoms with Crippen LogP contribution in [0.5, 0.6) is 0 Å². The molecule has 170 valence electrons. The van der Waals surface area contributed by atoms with E-state index < -0.39 is 5.60 Å². The molecule has 30 heavy (non-hydrogen) atoms. The lowest BCUT2D eigenvalue weighted by atomic mass is 9.45. The summed E-state index contributed by atoms with van der Waals surface area (Å²) in [7, 11) is 0. The zero-order valence-electron chi connectivity index (χ0n) is 19.9. The van der Waals surface area contributed by atoms with Crippen molar-refractivity contribution in [3.05, 3.63) is 11.6 Å². The Morgan fingerprint density at radius 1 is 1.07 bits per heavy atom. The van der Waals surface area contributed by atoms with Gasteiger partial charge >= 0.3 is 0 Å². The summed E-state index contributed by atoms with van der Waals surface area (Å²) in [4.78, 5) is 0. The molecule has 0 aromatic heterocycles. The lowest BCUT2D eigenvalue weighted by molar-refractivity contribution is -0.157. The number of rotatable bonds is 5. The summed E-state index contributed by atoms with van der Waals surface area (Å²) in [6.07, 6.45) is 13.1. The largest absolute Gasteiger partial charge is 0.393 e. The standard InChI is InChI=1S/C27H44O3/c1-17(2)7-6-8-18(3)20-9-10-21-22-15-23-27(30-23)16-19(28)11-12-25(27,5)26(22,29)14-13-24(20,21)4/h15,17-21,23,28-29H,6-14,16H2,1-5H3/t18?,19-,20+,21-,23-,24+,25+,26+,27?/m0/s1. The second-order valence-corrected chi connectivity index (χ2v) is 12.7. The Morgan fingerprint density at radius 2 is 1.83 bits per heavy atom. The van der Waals surface area contributed by atoms with Crippen LogP contribution in [0.15, 0.2) is 11.6 Å². The molecule has 2 N–H and O–H groups in total. The molecule has 3 nitrogen and oxygen atoms in total. The first-order valence-electron chi connectivity index (χ1n) is 12.9. The Kier molecular flexibility index (Phi) is 4.87. The van der Waals surface area contributed by atoms with Gasteiger partial charge in [-0.05, 0) is 73.2 Å². The van der Waals surface area contributed by atoms with Gasteiger partial charge in [0.1, 0.15) is 11.7 Å². The minimum Gasteiger partial charge on any atom is -0.393 e. The molecule has 2 unspecified atom stereocenters. The van der Waals surface area contributed by atoms with Gasteiger partial charge in [0.2, 0.25) is 0 Å². The van der Waals surface area contributed by atoms with Gasteiger partial charge in [-0.25, -0.2) is 0 Å². The van der Waals surface area contributed by atoms with Gasteiger partial charge in [0, 0.05) is 11.8 Å². The first-order chi connectivity index (χ1) is 14.1. The highest BCUT2D eigenvalue weighted by atomic mass is 16.6. The fourth-order valence-electron chi connectivity index (χ4n) is 8.88. The highest BCUT2D eigenvalue weighted by Gasteiger charge is 2.78. The lowest BCUT2D eigenvalue weighted by Crippen LogP contribution is -2.65. The molecule has 1 saturated heterocycles. The minimum absolute atomic E-state index is 0.109. The average Bonchev–Trinajstić information content (AvgIpc) is 3.25. The summed E-state index contributed by atoms with van der Waals surface area (Å²) in [5.74, 6) is 2.84. The molecule has 0 amide bonds. The van der Waals surface area contributed by atoms with Crippen LogP contribution in [0.25, 0.3) is 0 Å². The molecule has 1 aliphatic heterocycles. The van der Waals surface area contributed by atoms with Crippen molar-refractivity contribution in [3.8, 4) is 0 Å². The van der Waals surface area contributed by atoms with E-state index in [1.54, 1.807) is 0 Å². The van der Waals surface area contributed by atoms with Crippen LogP contribution < -0.4 is 0 Å². The molecule has 1 heterocycles. The summed E-state index contributed by atoms with van der Waals surface area (Å²) in [6, 6.07) is 0. The highest BCUT2D eigenvalue weighted by molar-refractivity contribution is 5.44. The monoisotopic (exact) mass is 416 g/mol. The minimum atomic E-state index is -0.750. The van der Waals surface area contributed by atoms with Crippen molar-refractivity contribution in [1.82, 2.24) is 0 Å². The van der Waals surface area contributed by atoms with Crippen molar-refractivity contribution in [2.45, 2.75) is 122 Å². The van der Waals surface area contributed by atoms with E-state index in [1.807, 2.05) is 0 Å². The molecular formula is C27H44O3. The van der Waals surface area contributed by atoms with Crippen LogP contribution in [-0.4, -0.2) is 33.6 Å². The molecular weight excluding hydrogens is 372 g/mol. The van der Waals surface area contributed by atoms with Crippen LogP contribution in [0.4, 0.5) is 0 Å². The predicted octanol–water partition coefficient (Wildman–Crippen LogP) is 5.63. The molecule has 3 heteroatoms. The summed E-state index contributed by atoms with van der Waals surface area (Å²) in [5, 5.41) is 22.6. The highest BCUT2D eigenvalue weighted by Crippen LogP contribution is 2.73. The van der Waals surface area contributed by atoms with E-state index in [1.165, 1.54) is 37.7 Å². The summed E-state index contributed by atoms with van der Waals surface area (Å²) in [5.41, 5.74) is 0.314. The van der Waals surface area contributed by atoms with Crippen LogP contribution in [0.2, 0.25) is 0 Å². The van der Waals surface area contributed by atoms with E-state index in [0.717, 1.165) is 43.4 Å². The number of aliphatic hydroxyl groups excluding tert-OH is 1. The predicted molar refractivity (Wildman–Crippen MR) is 120 cm³/mol. The molecule has 1 spiro atoms. The molecule has 3 saturated carbocycles. The number of fused-ring (bicyclic) bond motifs is 4. The van der Waals surface area contributed by atoms with Gasteiger partial charge in [-0.3, -0.25) is 0 Å². The van der Waals surface area contributed by atoms with Gasteiger partial charge in [-0.2, -0.15) is 0 Å². The van der Waals surface area contributed by atoms with Crippen LogP contribution in [0.1, 0.15) is 98.8 Å². The Hall–Kier alpha value is -0.380. The topological polar surface area (TPSA) is 53.0 Å². The first-order valence-corrected chi connectivity index (χ1v) is 12.9. The van der Waals surface area contributed by atoms with Crippen LogP contribution in [0, 0.1) is 34.5 Å². The number of aliphatic hydroxyl groups is 2. The average molecular weight is 417 g/mol. The van der Waals surface area contributed by atoms with Crippen molar-refractivity contribution in [3.63, 3.8) is 0 Å². The van der Waals surface area contributed by atoms with Crippen molar-refractivity contribution >= 4 is 0 Å². The number of epoxide rings is 1. The van der Waals surface area contributed by atoms with Gasteiger partial charge in [0.15, 0.2) is 0 Å². The SMILES string of the molecule is CC(C)CCCC(C)[C@H]1CC[C@H]2C3=C[C@@H]4OC45C[C@@H](O)CC[C@]5(C)[C@@]3(O)CC[C@]12C. The molecule has 0 radical (unpaired) electrons. The quantitative estimate of drug-likeness (QED) is 0.451. The summed E-state index contributed by atoms with van der Waals surface area (Å²) < 4.78 is 6.33. The maximum atomic E-state index is 12.3. The van der Waals surface area contributed by atoms with E-state index in [9.17, 15) is 10.2 Å². The first kappa shape index (κ1) is 21.5. The maximum absolute atomic E-state index is 12.3. The third-order valence-corrected chi connectivity index (χ3v) is 10.8. The molecule has 5 aliphatic rings. The van der Waals surface area contributed by atoms with Crippen LogP contribution in [-0.2, 0) is 4.74 Å².